The van der Waals surface area contributed by atoms with Crippen LogP contribution in [0.3, 0.4) is 0 Å². The van der Waals surface area contributed by atoms with Gasteiger partial charge in [-0.1, -0.05) is 11.6 Å². The number of fused-ring (bicyclic) bond motifs is 2. The number of carbonyl (C=O) groups is 1. The van der Waals surface area contributed by atoms with E-state index in [9.17, 15) is 13.2 Å². The second-order valence-electron chi connectivity index (χ2n) is 8.85. The quantitative estimate of drug-likeness (QED) is 0.665. The van der Waals surface area contributed by atoms with Gasteiger partial charge < -0.3 is 11.1 Å². The number of amides is 1. The van der Waals surface area contributed by atoms with E-state index in [1.807, 2.05) is 0 Å². The summed E-state index contributed by atoms with van der Waals surface area (Å²) in [5.41, 5.74) is 4.31. The Morgan fingerprint density at radius 2 is 1.94 bits per heavy atom. The van der Waals surface area contributed by atoms with Crippen LogP contribution in [0.1, 0.15) is 54.7 Å². The molecule has 0 radical (unpaired) electrons. The molecule has 3 atom stereocenters. The van der Waals surface area contributed by atoms with E-state index in [1.165, 1.54) is 32.2 Å². The number of nitrogens with one attached hydrogen (secondary N) is 1. The lowest BCUT2D eigenvalue weighted by Gasteiger charge is -2.52. The van der Waals surface area contributed by atoms with Gasteiger partial charge in [-0.3, -0.25) is 9.79 Å². The number of benzene rings is 1. The summed E-state index contributed by atoms with van der Waals surface area (Å²) in [6.45, 7) is 4.22. The Morgan fingerprint density at radius 1 is 1.24 bits per heavy atom. The molecular weight excluding hydrogens is 474 g/mol. The fraction of sp³-hybridized carbons (Fsp3) is 0.409. The molecule has 1 aromatic heterocycles. The second kappa shape index (κ2) is 7.46. The number of nitrogens with zero attached hydrogens (tertiary/aromatic N) is 2. The smallest absolute Gasteiger partial charge is 0.274 e. The summed E-state index contributed by atoms with van der Waals surface area (Å²) in [4.78, 5) is 20.9. The third kappa shape index (κ3) is 3.18. The van der Waals surface area contributed by atoms with Crippen molar-refractivity contribution in [2.45, 2.75) is 55.3 Å². The SMILES string of the molecule is Cc1cc(Cl)cnc1C(=O)Nc1ccc(F)c([C@@]2(C)N=C(N)[C@@]3(C)CCC[C@]2(F)S3(=O)=O)c1. The summed E-state index contributed by atoms with van der Waals surface area (Å²) in [5, 5.41) is 0.0834. The molecule has 3 N–H and O–H groups in total. The maximum atomic E-state index is 16.4. The normalized spacial score (nSPS) is 30.4. The Morgan fingerprint density at radius 3 is 2.61 bits per heavy atom. The van der Waals surface area contributed by atoms with Crippen molar-refractivity contribution in [2.24, 2.45) is 10.7 Å². The monoisotopic (exact) mass is 496 g/mol. The van der Waals surface area contributed by atoms with E-state index in [1.54, 1.807) is 13.0 Å². The Bertz CT molecular complexity index is 1320. The highest BCUT2D eigenvalue weighted by atomic mass is 35.5. The minimum Gasteiger partial charge on any atom is -0.386 e. The Hall–Kier alpha value is -2.59. The predicted molar refractivity (Wildman–Crippen MR) is 122 cm³/mol. The fourth-order valence-electron chi connectivity index (χ4n) is 4.70. The van der Waals surface area contributed by atoms with Gasteiger partial charge in [-0.15, -0.1) is 0 Å². The van der Waals surface area contributed by atoms with Crippen LogP contribution in [0.25, 0.3) is 0 Å². The molecule has 2 aliphatic rings. The van der Waals surface area contributed by atoms with Crippen LogP contribution in [0.4, 0.5) is 14.5 Å². The van der Waals surface area contributed by atoms with Crippen LogP contribution in [-0.2, 0) is 15.4 Å². The molecule has 1 aromatic carbocycles. The molecule has 176 valence electrons. The van der Waals surface area contributed by atoms with Gasteiger partial charge in [0.25, 0.3) is 5.91 Å². The molecule has 3 heterocycles. The van der Waals surface area contributed by atoms with Gasteiger partial charge in [0.1, 0.15) is 27.6 Å². The zero-order chi connectivity index (χ0) is 24.4. The number of sulfone groups is 1. The highest BCUT2D eigenvalue weighted by Crippen LogP contribution is 2.57. The van der Waals surface area contributed by atoms with E-state index in [0.29, 0.717) is 10.6 Å². The van der Waals surface area contributed by atoms with Crippen LogP contribution in [0.15, 0.2) is 35.5 Å². The number of nitrogens with two attached hydrogens (primary N) is 1. The highest BCUT2D eigenvalue weighted by Gasteiger charge is 2.71. The molecule has 1 fully saturated rings. The minimum atomic E-state index is -4.47. The molecule has 0 spiro atoms. The number of hydrogen-bond donors (Lipinski definition) is 2. The van der Waals surface area contributed by atoms with Crippen LogP contribution >= 0.6 is 11.6 Å². The van der Waals surface area contributed by atoms with E-state index in [4.69, 9.17) is 17.3 Å². The topological polar surface area (TPSA) is 115 Å². The molecule has 0 unspecified atom stereocenters. The molecule has 4 rings (SSSR count). The first kappa shape index (κ1) is 23.6. The molecule has 2 aromatic rings. The minimum absolute atomic E-state index is 0.101. The first-order chi connectivity index (χ1) is 15.3. The van der Waals surface area contributed by atoms with Gasteiger partial charge in [0.15, 0.2) is 0 Å². The lowest BCUT2D eigenvalue weighted by molar-refractivity contribution is 0.102. The summed E-state index contributed by atoms with van der Waals surface area (Å²) >= 11 is 5.88. The van der Waals surface area contributed by atoms with Gasteiger partial charge in [-0.05, 0) is 69.9 Å². The van der Waals surface area contributed by atoms with Gasteiger partial charge in [0, 0.05) is 17.4 Å². The van der Waals surface area contributed by atoms with Crippen molar-refractivity contribution < 1.29 is 22.0 Å². The number of amidine groups is 1. The largest absolute Gasteiger partial charge is 0.386 e. The van der Waals surface area contributed by atoms with Crippen molar-refractivity contribution in [3.63, 3.8) is 0 Å². The van der Waals surface area contributed by atoms with E-state index in [-0.39, 0.29) is 42.0 Å². The van der Waals surface area contributed by atoms with Crippen molar-refractivity contribution >= 4 is 38.9 Å². The van der Waals surface area contributed by atoms with Crippen LogP contribution in [0, 0.1) is 12.7 Å². The van der Waals surface area contributed by atoms with Crippen LogP contribution < -0.4 is 11.1 Å². The molecule has 33 heavy (non-hydrogen) atoms. The number of carbonyl (C=O) groups excluding carboxylic acids is 1. The standard InChI is InChI=1S/C22H23ClF2N4O3S/c1-12-9-13(23)11-27-17(12)18(30)28-14-5-6-16(24)15(10-14)21(3)22(25)8-4-7-20(2,19(26)29-21)33(22,31)32/h5-6,9-11H,4,7-8H2,1-3H3,(H2,26,29)(H,28,30)/t20-,21-,22+/m1/s1. The maximum absolute atomic E-state index is 16.4. The van der Waals surface area contributed by atoms with Crippen molar-refractivity contribution in [1.29, 1.82) is 0 Å². The van der Waals surface area contributed by atoms with Crippen LogP contribution in [-0.4, -0.2) is 34.9 Å². The fourth-order valence-corrected chi connectivity index (χ4v) is 7.45. The van der Waals surface area contributed by atoms with Gasteiger partial charge in [0.05, 0.1) is 5.02 Å². The van der Waals surface area contributed by atoms with Gasteiger partial charge in [0.2, 0.25) is 14.8 Å². The number of anilines is 1. The molecular formula is C22H23ClF2N4O3S. The Kier molecular flexibility index (Phi) is 5.33. The Balaban J connectivity index is 1.81. The predicted octanol–water partition coefficient (Wildman–Crippen LogP) is 4.04. The molecule has 0 aliphatic carbocycles. The third-order valence-electron chi connectivity index (χ3n) is 6.79. The zero-order valence-electron chi connectivity index (χ0n) is 18.2. The number of hydrogen-bond acceptors (Lipinski definition) is 6. The first-order valence-electron chi connectivity index (χ1n) is 10.3. The molecule has 7 nitrogen and oxygen atoms in total. The van der Waals surface area contributed by atoms with Crippen molar-refractivity contribution in [2.75, 3.05) is 5.32 Å². The molecule has 2 aliphatic heterocycles. The van der Waals surface area contributed by atoms with Gasteiger partial charge in [-0.25, -0.2) is 22.2 Å². The van der Waals surface area contributed by atoms with E-state index < -0.39 is 36.8 Å². The average molecular weight is 497 g/mol. The summed E-state index contributed by atoms with van der Waals surface area (Å²) in [6.07, 6.45) is 1.36. The maximum Gasteiger partial charge on any atom is 0.274 e. The van der Waals surface area contributed by atoms with E-state index >= 15 is 8.78 Å². The zero-order valence-corrected chi connectivity index (χ0v) is 19.8. The molecule has 1 saturated heterocycles. The summed E-state index contributed by atoms with van der Waals surface area (Å²) in [5.74, 6) is -1.71. The lowest BCUT2D eigenvalue weighted by Crippen LogP contribution is -2.68. The van der Waals surface area contributed by atoms with Crippen LogP contribution in [0.5, 0.6) is 0 Å². The van der Waals surface area contributed by atoms with Crippen molar-refractivity contribution in [3.05, 3.63) is 58.1 Å². The number of aryl methyl sites for hydroxylation is 1. The average Bonchev–Trinajstić information content (AvgIpc) is 2.72. The van der Waals surface area contributed by atoms with Crippen molar-refractivity contribution in [3.8, 4) is 0 Å². The molecule has 11 heteroatoms. The summed E-state index contributed by atoms with van der Waals surface area (Å²) in [7, 11) is -4.47. The molecule has 1 amide bonds. The second-order valence-corrected chi connectivity index (χ2v) is 11.8. The van der Waals surface area contributed by atoms with Crippen molar-refractivity contribution in [1.82, 2.24) is 4.98 Å². The molecule has 2 bridgehead atoms. The number of rotatable bonds is 3. The van der Waals surface area contributed by atoms with E-state index in [0.717, 1.165) is 6.07 Å². The van der Waals surface area contributed by atoms with Gasteiger partial charge in [-0.2, -0.15) is 0 Å². The number of pyridine rings is 1. The lowest BCUT2D eigenvalue weighted by atomic mass is 9.81. The third-order valence-corrected chi connectivity index (χ3v) is 10.1. The van der Waals surface area contributed by atoms with Gasteiger partial charge >= 0.3 is 0 Å². The molecule has 0 saturated carbocycles. The Labute approximate surface area is 195 Å². The van der Waals surface area contributed by atoms with Crippen LogP contribution in [0.2, 0.25) is 5.02 Å². The highest BCUT2D eigenvalue weighted by molar-refractivity contribution is 7.95. The van der Waals surface area contributed by atoms with E-state index in [2.05, 4.69) is 15.3 Å². The summed E-state index contributed by atoms with van der Waals surface area (Å²) < 4.78 is 56.4. The number of aliphatic imine (C=N–C) groups is 1. The summed E-state index contributed by atoms with van der Waals surface area (Å²) in [6, 6.07) is 5.06. The number of alkyl halides is 1. The number of halogens is 3. The number of aromatic nitrogens is 1. The first-order valence-corrected chi connectivity index (χ1v) is 12.2.